The molecule has 0 atom stereocenters. The molecule has 2 saturated heterocycles. The number of aromatic nitrogens is 1. The van der Waals surface area contributed by atoms with Gasteiger partial charge in [0.1, 0.15) is 5.01 Å². The van der Waals surface area contributed by atoms with Gasteiger partial charge in [0.05, 0.1) is 17.1 Å². The highest BCUT2D eigenvalue weighted by molar-refractivity contribution is 7.92. The third-order valence-corrected chi connectivity index (χ3v) is 9.36. The number of anilines is 1. The summed E-state index contributed by atoms with van der Waals surface area (Å²) in [7, 11) is -2.17. The lowest BCUT2D eigenvalue weighted by Gasteiger charge is -2.48. The van der Waals surface area contributed by atoms with Crippen molar-refractivity contribution in [3.8, 4) is 0 Å². The van der Waals surface area contributed by atoms with Crippen LogP contribution in [0.15, 0.2) is 71.1 Å². The van der Waals surface area contributed by atoms with Crippen LogP contribution in [0.1, 0.15) is 15.4 Å². The maximum atomic E-state index is 13.0. The largest absolute Gasteiger partial charge is 0.335 e. The molecule has 0 saturated carbocycles. The van der Waals surface area contributed by atoms with E-state index in [2.05, 4.69) is 14.8 Å². The Morgan fingerprint density at radius 1 is 1.03 bits per heavy atom. The normalized spacial score (nSPS) is 17.8. The van der Waals surface area contributed by atoms with Gasteiger partial charge in [0, 0.05) is 69.5 Å². The molecule has 184 valence electrons. The predicted molar refractivity (Wildman–Crippen MR) is 137 cm³/mol. The summed E-state index contributed by atoms with van der Waals surface area (Å²) < 4.78 is 27.2. The Balaban J connectivity index is 1.13. The van der Waals surface area contributed by atoms with Crippen LogP contribution in [0.4, 0.5) is 5.69 Å². The molecule has 35 heavy (non-hydrogen) atoms. The van der Waals surface area contributed by atoms with Crippen LogP contribution in [0, 0.1) is 0 Å². The van der Waals surface area contributed by atoms with Crippen molar-refractivity contribution in [1.29, 1.82) is 0 Å². The van der Waals surface area contributed by atoms with Gasteiger partial charge in [-0.3, -0.25) is 18.9 Å². The van der Waals surface area contributed by atoms with Gasteiger partial charge in [-0.2, -0.15) is 0 Å². The molecule has 0 N–H and O–H groups in total. The molecule has 0 bridgehead atoms. The molecule has 0 unspecified atom stereocenters. The third kappa shape index (κ3) is 5.11. The zero-order valence-electron chi connectivity index (χ0n) is 19.7. The van der Waals surface area contributed by atoms with E-state index in [1.54, 1.807) is 47.7 Å². The zero-order chi connectivity index (χ0) is 24.4. The molecule has 10 heteroatoms. The summed E-state index contributed by atoms with van der Waals surface area (Å²) in [5.41, 5.74) is 1.10. The first-order valence-corrected chi connectivity index (χ1v) is 14.0. The zero-order valence-corrected chi connectivity index (χ0v) is 21.3. The molecule has 1 amide bonds. The number of thiazole rings is 1. The maximum absolute atomic E-state index is 13.0. The van der Waals surface area contributed by atoms with Crippen molar-refractivity contribution in [2.24, 2.45) is 0 Å². The number of para-hydroxylation sites is 1. The minimum absolute atomic E-state index is 0.0518. The van der Waals surface area contributed by atoms with Crippen molar-refractivity contribution in [3.63, 3.8) is 0 Å². The predicted octanol–water partition coefficient (Wildman–Crippen LogP) is 2.61. The summed E-state index contributed by atoms with van der Waals surface area (Å²) in [5, 5.41) is 3.17. The number of sulfonamides is 1. The molecule has 0 radical (unpaired) electrons. The first-order chi connectivity index (χ1) is 16.9. The quantitative estimate of drug-likeness (QED) is 0.485. The number of amides is 1. The Morgan fingerprint density at radius 2 is 1.71 bits per heavy atom. The molecule has 5 rings (SSSR count). The van der Waals surface area contributed by atoms with Crippen molar-refractivity contribution in [1.82, 2.24) is 19.7 Å². The van der Waals surface area contributed by atoms with E-state index in [9.17, 15) is 13.2 Å². The molecule has 0 spiro atoms. The number of piperazine rings is 1. The molecule has 2 aromatic carbocycles. The number of hydrogen-bond donors (Lipinski definition) is 0. The smallest absolute Gasteiger partial charge is 0.264 e. The van der Waals surface area contributed by atoms with E-state index in [0.29, 0.717) is 30.4 Å². The number of likely N-dealkylation sites (tertiary alicyclic amines) is 1. The highest BCUT2D eigenvalue weighted by atomic mass is 32.2. The van der Waals surface area contributed by atoms with Crippen molar-refractivity contribution >= 4 is 33.0 Å². The van der Waals surface area contributed by atoms with Gasteiger partial charge >= 0.3 is 0 Å². The van der Waals surface area contributed by atoms with Crippen LogP contribution >= 0.6 is 11.3 Å². The lowest BCUT2D eigenvalue weighted by molar-refractivity contribution is 0.00647. The van der Waals surface area contributed by atoms with E-state index in [0.717, 1.165) is 37.7 Å². The van der Waals surface area contributed by atoms with Crippen molar-refractivity contribution in [3.05, 3.63) is 76.7 Å². The number of benzene rings is 2. The first-order valence-electron chi connectivity index (χ1n) is 11.7. The van der Waals surface area contributed by atoms with E-state index < -0.39 is 10.0 Å². The van der Waals surface area contributed by atoms with E-state index in [1.807, 2.05) is 22.5 Å². The summed E-state index contributed by atoms with van der Waals surface area (Å²) in [6.07, 6.45) is 1.85. The highest BCUT2D eigenvalue weighted by Gasteiger charge is 2.36. The van der Waals surface area contributed by atoms with E-state index in [4.69, 9.17) is 0 Å². The third-order valence-electron chi connectivity index (χ3n) is 6.79. The average molecular weight is 512 g/mol. The Bertz CT molecular complexity index is 1240. The number of rotatable bonds is 7. The summed E-state index contributed by atoms with van der Waals surface area (Å²) in [6, 6.07) is 15.6. The van der Waals surface area contributed by atoms with Gasteiger partial charge in [-0.15, -0.1) is 11.3 Å². The van der Waals surface area contributed by atoms with Gasteiger partial charge in [0.15, 0.2) is 0 Å². The Kier molecular flexibility index (Phi) is 6.88. The van der Waals surface area contributed by atoms with Gasteiger partial charge in [-0.05, 0) is 36.4 Å². The number of nitrogens with zero attached hydrogens (tertiary/aromatic N) is 5. The summed E-state index contributed by atoms with van der Waals surface area (Å²) in [6.45, 7) is 6.35. The van der Waals surface area contributed by atoms with Crippen molar-refractivity contribution in [2.45, 2.75) is 17.5 Å². The highest BCUT2D eigenvalue weighted by Crippen LogP contribution is 2.24. The van der Waals surface area contributed by atoms with Crippen LogP contribution in [-0.4, -0.2) is 86.4 Å². The average Bonchev–Trinajstić information content (AvgIpc) is 3.37. The monoisotopic (exact) mass is 511 g/mol. The van der Waals surface area contributed by atoms with E-state index >= 15 is 0 Å². The van der Waals surface area contributed by atoms with Crippen LogP contribution in [0.5, 0.6) is 0 Å². The lowest BCUT2D eigenvalue weighted by Crippen LogP contribution is -2.64. The van der Waals surface area contributed by atoms with Gasteiger partial charge in [0.2, 0.25) is 0 Å². The number of hydrogen-bond acceptors (Lipinski definition) is 7. The fraction of sp³-hybridized carbons (Fsp3) is 0.360. The maximum Gasteiger partial charge on any atom is 0.264 e. The molecule has 0 aliphatic carbocycles. The van der Waals surface area contributed by atoms with Crippen molar-refractivity contribution in [2.75, 3.05) is 50.6 Å². The lowest BCUT2D eigenvalue weighted by atomic mass is 10.0. The second kappa shape index (κ2) is 10.1. The van der Waals surface area contributed by atoms with Crippen LogP contribution in [0.2, 0.25) is 0 Å². The van der Waals surface area contributed by atoms with Gasteiger partial charge in [0.25, 0.3) is 15.9 Å². The number of carbonyl (C=O) groups excluding carboxylic acids is 1. The summed E-state index contributed by atoms with van der Waals surface area (Å²) in [4.78, 5) is 24.2. The molecule has 3 aromatic rings. The molecular weight excluding hydrogens is 482 g/mol. The van der Waals surface area contributed by atoms with E-state index in [-0.39, 0.29) is 10.8 Å². The van der Waals surface area contributed by atoms with Crippen LogP contribution < -0.4 is 4.31 Å². The van der Waals surface area contributed by atoms with Gasteiger partial charge < -0.3 is 4.90 Å². The molecule has 8 nitrogen and oxygen atoms in total. The second-order valence-corrected chi connectivity index (χ2v) is 11.9. The van der Waals surface area contributed by atoms with Gasteiger partial charge in [-0.1, -0.05) is 18.2 Å². The second-order valence-electron chi connectivity index (χ2n) is 8.93. The standard InChI is InChI=1S/C25H29N5O3S2/c1-27(21-5-3-2-4-6-21)35(32,33)23-9-7-20(8-10-23)25(31)30-17-22(18-30)29-14-12-28(13-15-29)19-24-26-11-16-34-24/h2-11,16,22H,12-15,17-19H2,1H3. The summed E-state index contributed by atoms with van der Waals surface area (Å²) >= 11 is 1.70. The summed E-state index contributed by atoms with van der Waals surface area (Å²) in [5.74, 6) is -0.0518. The van der Waals surface area contributed by atoms with Crippen LogP contribution in [0.25, 0.3) is 0 Å². The Morgan fingerprint density at radius 3 is 2.34 bits per heavy atom. The molecule has 2 aliphatic rings. The topological polar surface area (TPSA) is 77.1 Å². The SMILES string of the molecule is CN(c1ccccc1)S(=O)(=O)c1ccc(C(=O)N2CC(N3CCN(Cc4nccs4)CC3)C2)cc1. The first kappa shape index (κ1) is 23.9. The Hall–Kier alpha value is -2.79. The number of carbonyl (C=O) groups is 1. The van der Waals surface area contributed by atoms with Gasteiger partial charge in [-0.25, -0.2) is 13.4 Å². The fourth-order valence-corrected chi connectivity index (χ4v) is 6.40. The fourth-order valence-electron chi connectivity index (χ4n) is 4.55. The molecule has 1 aromatic heterocycles. The van der Waals surface area contributed by atoms with Crippen LogP contribution in [-0.2, 0) is 16.6 Å². The molecule has 2 fully saturated rings. The molecule has 2 aliphatic heterocycles. The molecule has 3 heterocycles. The van der Waals surface area contributed by atoms with E-state index in [1.165, 1.54) is 23.5 Å². The Labute approximate surface area is 210 Å². The minimum Gasteiger partial charge on any atom is -0.335 e. The minimum atomic E-state index is -3.70. The molecular formula is C25H29N5O3S2. The van der Waals surface area contributed by atoms with Crippen LogP contribution in [0.3, 0.4) is 0 Å². The van der Waals surface area contributed by atoms with Crippen molar-refractivity contribution < 1.29 is 13.2 Å².